The van der Waals surface area contributed by atoms with E-state index >= 15 is 0 Å². The number of rotatable bonds is 6. The third kappa shape index (κ3) is 5.95. The largest absolute Gasteiger partial charge is 0.354 e. The highest BCUT2D eigenvalue weighted by atomic mass is 35.5. The number of hydrogen-bond acceptors (Lipinski definition) is 4. The molecule has 0 spiro atoms. The molecule has 1 atom stereocenters. The van der Waals surface area contributed by atoms with Gasteiger partial charge >= 0.3 is 6.03 Å². The molecule has 0 bridgehead atoms. The predicted molar refractivity (Wildman–Crippen MR) is 123 cm³/mol. The van der Waals surface area contributed by atoms with Crippen molar-refractivity contribution in [1.82, 2.24) is 15.2 Å². The molecule has 3 rings (SSSR count). The molecular weight excluding hydrogens is 433 g/mol. The Morgan fingerprint density at radius 3 is 2.53 bits per heavy atom. The van der Waals surface area contributed by atoms with Gasteiger partial charge in [-0.25, -0.2) is 9.18 Å². The first-order chi connectivity index (χ1) is 15.2. The number of nitrogens with one attached hydrogen (secondary N) is 2. The summed E-state index contributed by atoms with van der Waals surface area (Å²) in [5, 5.41) is 6.08. The van der Waals surface area contributed by atoms with Crippen LogP contribution in [0, 0.1) is 11.7 Å². The summed E-state index contributed by atoms with van der Waals surface area (Å²) in [5.41, 5.74) is 7.19. The molecular formula is C23H29ClFN5O2. The molecule has 1 unspecified atom stereocenters. The highest BCUT2D eigenvalue weighted by Crippen LogP contribution is 2.30. The molecule has 1 saturated heterocycles. The lowest BCUT2D eigenvalue weighted by molar-refractivity contribution is -0.124. The average Bonchev–Trinajstić information content (AvgIpc) is 2.77. The Labute approximate surface area is 192 Å². The van der Waals surface area contributed by atoms with E-state index in [0.717, 1.165) is 5.56 Å². The fourth-order valence-electron chi connectivity index (χ4n) is 3.87. The number of likely N-dealkylation sites (tertiary alicyclic amines) is 1. The van der Waals surface area contributed by atoms with E-state index in [1.54, 1.807) is 35.5 Å². The molecule has 0 aliphatic carbocycles. The van der Waals surface area contributed by atoms with Gasteiger partial charge in [0.25, 0.3) is 0 Å². The van der Waals surface area contributed by atoms with Crippen molar-refractivity contribution in [2.45, 2.75) is 38.1 Å². The summed E-state index contributed by atoms with van der Waals surface area (Å²) < 4.78 is 13.3. The molecule has 4 N–H and O–H groups in total. The molecule has 1 aromatic heterocycles. The lowest BCUT2D eigenvalue weighted by Gasteiger charge is -2.34. The van der Waals surface area contributed by atoms with Crippen LogP contribution in [-0.2, 0) is 10.2 Å². The van der Waals surface area contributed by atoms with E-state index in [2.05, 4.69) is 15.6 Å². The molecule has 9 heteroatoms. The third-order valence-electron chi connectivity index (χ3n) is 5.93. The predicted octanol–water partition coefficient (Wildman–Crippen LogP) is 3.54. The first-order valence-electron chi connectivity index (χ1n) is 10.6. The van der Waals surface area contributed by atoms with Crippen molar-refractivity contribution in [2.75, 3.05) is 25.0 Å². The van der Waals surface area contributed by atoms with Gasteiger partial charge < -0.3 is 21.3 Å². The standard InChI is InChI=1S/C23H29ClFN5O2/c1-23(2,18-4-3-16(25)13-19(18)24)14-28-21(31)20(26)15-7-11-30(12-8-15)22(32)29-17-5-9-27-10-6-17/h3-6,9-10,13,15,20H,7-8,11-12,14,26H2,1-2H3,(H,28,31)(H,27,29,32). The number of nitrogens with zero attached hydrogens (tertiary/aromatic N) is 2. The number of hydrogen-bond donors (Lipinski definition) is 3. The maximum absolute atomic E-state index is 13.3. The van der Waals surface area contributed by atoms with Gasteiger partial charge in [-0.3, -0.25) is 9.78 Å². The van der Waals surface area contributed by atoms with Crippen LogP contribution in [0.5, 0.6) is 0 Å². The van der Waals surface area contributed by atoms with Gasteiger partial charge in [0.05, 0.1) is 6.04 Å². The number of urea groups is 1. The molecule has 1 fully saturated rings. The molecule has 3 amide bonds. The van der Waals surface area contributed by atoms with Crippen molar-refractivity contribution in [2.24, 2.45) is 11.7 Å². The molecule has 172 valence electrons. The van der Waals surface area contributed by atoms with Crippen molar-refractivity contribution in [3.8, 4) is 0 Å². The zero-order valence-electron chi connectivity index (χ0n) is 18.3. The van der Waals surface area contributed by atoms with Gasteiger partial charge in [0.2, 0.25) is 5.91 Å². The second-order valence-corrected chi connectivity index (χ2v) is 9.15. The Hall–Kier alpha value is -2.71. The summed E-state index contributed by atoms with van der Waals surface area (Å²) in [6, 6.07) is 6.87. The summed E-state index contributed by atoms with van der Waals surface area (Å²) >= 11 is 6.19. The van der Waals surface area contributed by atoms with Crippen LogP contribution in [0.3, 0.4) is 0 Å². The zero-order valence-corrected chi connectivity index (χ0v) is 19.0. The molecule has 1 aliphatic rings. The molecule has 2 heterocycles. The minimum absolute atomic E-state index is 0.0162. The van der Waals surface area contributed by atoms with E-state index in [0.29, 0.717) is 43.2 Å². The van der Waals surface area contributed by atoms with Gasteiger partial charge in [0, 0.05) is 48.2 Å². The quantitative estimate of drug-likeness (QED) is 0.612. The van der Waals surface area contributed by atoms with Crippen LogP contribution in [0.1, 0.15) is 32.3 Å². The van der Waals surface area contributed by atoms with E-state index in [-0.39, 0.29) is 17.9 Å². The van der Waals surface area contributed by atoms with Gasteiger partial charge in [-0.05, 0) is 48.6 Å². The van der Waals surface area contributed by atoms with Crippen molar-refractivity contribution in [1.29, 1.82) is 0 Å². The molecule has 7 nitrogen and oxygen atoms in total. The van der Waals surface area contributed by atoms with Gasteiger partial charge in [0.1, 0.15) is 5.82 Å². The van der Waals surface area contributed by atoms with Gasteiger partial charge in [-0.1, -0.05) is 31.5 Å². The Balaban J connectivity index is 1.48. The number of carbonyl (C=O) groups excluding carboxylic acids is 2. The number of amides is 3. The van der Waals surface area contributed by atoms with Crippen molar-refractivity contribution < 1.29 is 14.0 Å². The molecule has 1 aliphatic heterocycles. The van der Waals surface area contributed by atoms with Crippen molar-refractivity contribution in [3.63, 3.8) is 0 Å². The fraction of sp³-hybridized carbons (Fsp3) is 0.435. The average molecular weight is 462 g/mol. The number of aromatic nitrogens is 1. The Kier molecular flexibility index (Phi) is 7.69. The zero-order chi connectivity index (χ0) is 23.3. The lowest BCUT2D eigenvalue weighted by Crippen LogP contribution is -2.52. The molecule has 32 heavy (non-hydrogen) atoms. The first kappa shape index (κ1) is 23.9. The van der Waals surface area contributed by atoms with Crippen molar-refractivity contribution >= 4 is 29.2 Å². The monoisotopic (exact) mass is 461 g/mol. The van der Waals surface area contributed by atoms with E-state index in [9.17, 15) is 14.0 Å². The van der Waals surface area contributed by atoms with Crippen LogP contribution in [0.15, 0.2) is 42.7 Å². The lowest BCUT2D eigenvalue weighted by atomic mass is 9.84. The third-order valence-corrected chi connectivity index (χ3v) is 6.25. The minimum Gasteiger partial charge on any atom is -0.354 e. The smallest absolute Gasteiger partial charge is 0.321 e. The number of nitrogens with two attached hydrogens (primary N) is 1. The number of piperidine rings is 1. The van der Waals surface area contributed by atoms with Crippen LogP contribution in [-0.4, -0.2) is 47.5 Å². The molecule has 0 saturated carbocycles. The van der Waals surface area contributed by atoms with Gasteiger partial charge in [-0.2, -0.15) is 0 Å². The Bertz CT molecular complexity index is 949. The summed E-state index contributed by atoms with van der Waals surface area (Å²) in [6.45, 7) is 5.23. The topological polar surface area (TPSA) is 100 Å². The second kappa shape index (κ2) is 10.3. The molecule has 0 radical (unpaired) electrons. The summed E-state index contributed by atoms with van der Waals surface area (Å²) in [4.78, 5) is 30.8. The number of anilines is 1. The van der Waals surface area contributed by atoms with E-state index < -0.39 is 17.3 Å². The van der Waals surface area contributed by atoms with Gasteiger partial charge in [0.15, 0.2) is 0 Å². The van der Waals surface area contributed by atoms with Crippen LogP contribution >= 0.6 is 11.6 Å². The maximum atomic E-state index is 13.3. The maximum Gasteiger partial charge on any atom is 0.321 e. The van der Waals surface area contributed by atoms with Crippen molar-refractivity contribution in [3.05, 3.63) is 59.1 Å². The van der Waals surface area contributed by atoms with Crippen LogP contribution in [0.4, 0.5) is 14.9 Å². The number of pyridine rings is 1. The van der Waals surface area contributed by atoms with E-state index in [4.69, 9.17) is 17.3 Å². The van der Waals surface area contributed by atoms with Crippen LogP contribution in [0.2, 0.25) is 5.02 Å². The molecule has 1 aromatic carbocycles. The number of halogens is 2. The summed E-state index contributed by atoms with van der Waals surface area (Å²) in [7, 11) is 0. The minimum atomic E-state index is -0.667. The van der Waals surface area contributed by atoms with Crippen LogP contribution < -0.4 is 16.4 Å². The second-order valence-electron chi connectivity index (χ2n) is 8.74. The summed E-state index contributed by atoms with van der Waals surface area (Å²) in [5.74, 6) is -0.657. The number of benzene rings is 1. The normalized spacial score (nSPS) is 15.8. The highest BCUT2D eigenvalue weighted by molar-refractivity contribution is 6.31. The molecule has 2 aromatic rings. The summed E-state index contributed by atoms with van der Waals surface area (Å²) in [6.07, 6.45) is 4.52. The Morgan fingerprint density at radius 2 is 1.91 bits per heavy atom. The van der Waals surface area contributed by atoms with E-state index in [1.807, 2.05) is 13.8 Å². The first-order valence-corrected chi connectivity index (χ1v) is 11.0. The Morgan fingerprint density at radius 1 is 1.25 bits per heavy atom. The fourth-order valence-corrected chi connectivity index (χ4v) is 4.30. The highest BCUT2D eigenvalue weighted by Gasteiger charge is 2.32. The van der Waals surface area contributed by atoms with Gasteiger partial charge in [-0.15, -0.1) is 0 Å². The van der Waals surface area contributed by atoms with E-state index in [1.165, 1.54) is 12.1 Å². The number of carbonyl (C=O) groups is 2. The SMILES string of the molecule is CC(C)(CNC(=O)C(N)C1CCN(C(=O)Nc2ccncc2)CC1)c1ccc(F)cc1Cl. The van der Waals surface area contributed by atoms with Crippen LogP contribution in [0.25, 0.3) is 0 Å².